The van der Waals surface area contributed by atoms with Crippen LogP contribution in [0.3, 0.4) is 0 Å². The molecule has 2 aromatic carbocycles. The van der Waals surface area contributed by atoms with Crippen molar-refractivity contribution in [1.29, 1.82) is 0 Å². The van der Waals surface area contributed by atoms with E-state index in [0.717, 1.165) is 9.87 Å². The molecule has 1 amide bonds. The van der Waals surface area contributed by atoms with Crippen molar-refractivity contribution in [3.05, 3.63) is 54.1 Å². The molecule has 0 bridgehead atoms. The first kappa shape index (κ1) is 21.8. The van der Waals surface area contributed by atoms with E-state index in [0.29, 0.717) is 11.4 Å². The van der Waals surface area contributed by atoms with E-state index < -0.39 is 10.0 Å². The first-order valence-corrected chi connectivity index (χ1v) is 10.6. The van der Waals surface area contributed by atoms with Crippen LogP contribution in [0.1, 0.15) is 26.3 Å². The predicted molar refractivity (Wildman–Crippen MR) is 111 cm³/mol. The molecule has 0 saturated carbocycles. The van der Waals surface area contributed by atoms with Gasteiger partial charge in [-0.05, 0) is 49.6 Å². The number of hydrogen-bond donors (Lipinski definition) is 1. The molecule has 1 atom stereocenters. The second kappa shape index (κ2) is 9.10. The number of sulfonamides is 1. The van der Waals surface area contributed by atoms with Gasteiger partial charge in [0.25, 0.3) is 10.0 Å². The Bertz CT molecular complexity index is 911. The molecular weight excluding hydrogens is 376 g/mol. The molecule has 0 heterocycles. The van der Waals surface area contributed by atoms with E-state index in [4.69, 9.17) is 4.74 Å². The molecule has 0 aromatic heterocycles. The molecular formula is C21H28N2O4S. The molecule has 2 rings (SSSR count). The zero-order chi connectivity index (χ0) is 20.9. The Morgan fingerprint density at radius 3 is 2.32 bits per heavy atom. The summed E-state index contributed by atoms with van der Waals surface area (Å²) in [5.74, 6) is 0.246. The van der Waals surface area contributed by atoms with Crippen molar-refractivity contribution in [3.8, 4) is 5.75 Å². The zero-order valence-corrected chi connectivity index (χ0v) is 17.8. The molecule has 0 radical (unpaired) electrons. The molecule has 0 fully saturated rings. The van der Waals surface area contributed by atoms with Crippen LogP contribution >= 0.6 is 0 Å². The van der Waals surface area contributed by atoms with Gasteiger partial charge in [0.15, 0.2) is 0 Å². The van der Waals surface area contributed by atoms with Gasteiger partial charge in [-0.2, -0.15) is 0 Å². The number of rotatable bonds is 8. The minimum Gasteiger partial charge on any atom is -0.495 e. The van der Waals surface area contributed by atoms with Crippen molar-refractivity contribution in [3.63, 3.8) is 0 Å². The number of ether oxygens (including phenoxy) is 1. The SMILES string of the molecule is COc1ccc(C)cc1N(CC(=O)NC(C)C(C)C)S(=O)(=O)c1ccccc1. The lowest BCUT2D eigenvalue weighted by Crippen LogP contribution is -2.45. The second-order valence-corrected chi connectivity index (χ2v) is 8.96. The summed E-state index contributed by atoms with van der Waals surface area (Å²) in [5, 5.41) is 2.87. The van der Waals surface area contributed by atoms with Crippen LogP contribution in [0, 0.1) is 12.8 Å². The van der Waals surface area contributed by atoms with E-state index in [1.165, 1.54) is 19.2 Å². The van der Waals surface area contributed by atoms with Gasteiger partial charge >= 0.3 is 0 Å². The van der Waals surface area contributed by atoms with Gasteiger partial charge in [0, 0.05) is 6.04 Å². The fourth-order valence-electron chi connectivity index (χ4n) is 2.61. The van der Waals surface area contributed by atoms with Gasteiger partial charge in [-0.1, -0.05) is 38.1 Å². The third-order valence-electron chi connectivity index (χ3n) is 4.61. The number of nitrogens with one attached hydrogen (secondary N) is 1. The molecule has 28 heavy (non-hydrogen) atoms. The summed E-state index contributed by atoms with van der Waals surface area (Å²) in [7, 11) is -2.49. The van der Waals surface area contributed by atoms with Crippen molar-refractivity contribution < 1.29 is 17.9 Å². The van der Waals surface area contributed by atoms with Crippen LogP contribution in [0.4, 0.5) is 5.69 Å². The summed E-state index contributed by atoms with van der Waals surface area (Å²) in [5.41, 5.74) is 1.19. The fraction of sp³-hybridized carbons (Fsp3) is 0.381. The van der Waals surface area contributed by atoms with Crippen LogP contribution in [0.5, 0.6) is 5.75 Å². The van der Waals surface area contributed by atoms with Crippen molar-refractivity contribution in [1.82, 2.24) is 5.32 Å². The Balaban J connectivity index is 2.51. The van der Waals surface area contributed by atoms with Gasteiger partial charge < -0.3 is 10.1 Å². The molecule has 0 aliphatic heterocycles. The van der Waals surface area contributed by atoms with Gasteiger partial charge in [0.2, 0.25) is 5.91 Å². The minimum atomic E-state index is -3.96. The van der Waals surface area contributed by atoms with E-state index in [1.54, 1.807) is 30.3 Å². The lowest BCUT2D eigenvalue weighted by Gasteiger charge is -2.27. The standard InChI is InChI=1S/C21H28N2O4S/c1-15(2)17(4)22-21(24)14-23(19-13-16(3)11-12-20(19)27-5)28(25,26)18-9-7-6-8-10-18/h6-13,15,17H,14H2,1-5H3,(H,22,24). The Labute approximate surface area is 167 Å². The van der Waals surface area contributed by atoms with Crippen molar-refractivity contribution >= 4 is 21.6 Å². The molecule has 2 aromatic rings. The third-order valence-corrected chi connectivity index (χ3v) is 6.38. The molecule has 1 N–H and O–H groups in total. The lowest BCUT2D eigenvalue weighted by atomic mass is 10.1. The summed E-state index contributed by atoms with van der Waals surface area (Å²) in [4.78, 5) is 12.8. The summed E-state index contributed by atoms with van der Waals surface area (Å²) in [6.45, 7) is 7.40. The van der Waals surface area contributed by atoms with Crippen LogP contribution < -0.4 is 14.4 Å². The van der Waals surface area contributed by atoms with E-state index in [-0.39, 0.29) is 29.3 Å². The normalized spacial score (nSPS) is 12.5. The Morgan fingerprint density at radius 2 is 1.75 bits per heavy atom. The zero-order valence-electron chi connectivity index (χ0n) is 17.0. The smallest absolute Gasteiger partial charge is 0.264 e. The predicted octanol–water partition coefficient (Wildman–Crippen LogP) is 3.36. The average molecular weight is 405 g/mol. The number of benzene rings is 2. The second-order valence-electron chi connectivity index (χ2n) is 7.10. The fourth-order valence-corrected chi connectivity index (χ4v) is 4.06. The number of carbonyl (C=O) groups excluding carboxylic acids is 1. The van der Waals surface area contributed by atoms with Crippen molar-refractivity contribution in [2.24, 2.45) is 5.92 Å². The van der Waals surface area contributed by atoms with Gasteiger partial charge in [-0.3, -0.25) is 9.10 Å². The number of methoxy groups -OCH3 is 1. The Hall–Kier alpha value is -2.54. The monoisotopic (exact) mass is 404 g/mol. The molecule has 0 aliphatic rings. The molecule has 6 nitrogen and oxygen atoms in total. The quantitative estimate of drug-likeness (QED) is 0.732. The van der Waals surface area contributed by atoms with Gasteiger partial charge in [-0.15, -0.1) is 0 Å². The number of amides is 1. The van der Waals surface area contributed by atoms with Gasteiger partial charge in [-0.25, -0.2) is 8.42 Å². The highest BCUT2D eigenvalue weighted by molar-refractivity contribution is 7.92. The minimum absolute atomic E-state index is 0.0758. The van der Waals surface area contributed by atoms with E-state index in [2.05, 4.69) is 5.32 Å². The van der Waals surface area contributed by atoms with Gasteiger partial charge in [0.05, 0.1) is 17.7 Å². The maximum absolute atomic E-state index is 13.4. The summed E-state index contributed by atoms with van der Waals surface area (Å²) < 4.78 is 33.2. The first-order chi connectivity index (χ1) is 13.2. The first-order valence-electron chi connectivity index (χ1n) is 9.18. The number of nitrogens with zero attached hydrogens (tertiary/aromatic N) is 1. The topological polar surface area (TPSA) is 75.7 Å². The van der Waals surface area contributed by atoms with Gasteiger partial charge in [0.1, 0.15) is 12.3 Å². The van der Waals surface area contributed by atoms with Crippen LogP contribution in [-0.4, -0.2) is 34.0 Å². The maximum Gasteiger partial charge on any atom is 0.264 e. The summed E-state index contributed by atoms with van der Waals surface area (Å²) in [6.07, 6.45) is 0. The lowest BCUT2D eigenvalue weighted by molar-refractivity contribution is -0.120. The Kier molecular flexibility index (Phi) is 7.07. The van der Waals surface area contributed by atoms with Crippen LogP contribution in [0.2, 0.25) is 0 Å². The number of anilines is 1. The van der Waals surface area contributed by atoms with E-state index in [1.807, 2.05) is 33.8 Å². The molecule has 152 valence electrons. The summed E-state index contributed by atoms with van der Waals surface area (Å²) in [6, 6.07) is 13.2. The van der Waals surface area contributed by atoms with Crippen molar-refractivity contribution in [2.75, 3.05) is 18.0 Å². The van der Waals surface area contributed by atoms with Crippen LogP contribution in [0.25, 0.3) is 0 Å². The number of aryl methyl sites for hydroxylation is 1. The molecule has 1 unspecified atom stereocenters. The molecule has 0 aliphatic carbocycles. The summed E-state index contributed by atoms with van der Waals surface area (Å²) >= 11 is 0. The highest BCUT2D eigenvalue weighted by atomic mass is 32.2. The molecule has 0 spiro atoms. The highest BCUT2D eigenvalue weighted by Gasteiger charge is 2.30. The Morgan fingerprint density at radius 1 is 1.11 bits per heavy atom. The van der Waals surface area contributed by atoms with Crippen LogP contribution in [-0.2, 0) is 14.8 Å². The largest absolute Gasteiger partial charge is 0.495 e. The van der Waals surface area contributed by atoms with E-state index >= 15 is 0 Å². The highest BCUT2D eigenvalue weighted by Crippen LogP contribution is 2.33. The number of hydrogen-bond acceptors (Lipinski definition) is 4. The molecule has 0 saturated heterocycles. The van der Waals surface area contributed by atoms with Crippen LogP contribution in [0.15, 0.2) is 53.4 Å². The molecule has 7 heteroatoms. The van der Waals surface area contributed by atoms with Crippen molar-refractivity contribution in [2.45, 2.75) is 38.6 Å². The average Bonchev–Trinajstić information content (AvgIpc) is 2.66. The number of carbonyl (C=O) groups is 1. The van der Waals surface area contributed by atoms with E-state index in [9.17, 15) is 13.2 Å². The third kappa shape index (κ3) is 5.04. The maximum atomic E-state index is 13.4.